The Morgan fingerprint density at radius 3 is 3.11 bits per heavy atom. The number of aromatic carboxylic acids is 1. The van der Waals surface area contributed by atoms with Crippen LogP contribution < -0.4 is 5.32 Å². The number of carboxylic acids is 1. The maximum atomic E-state index is 10.9. The number of benzene rings is 1. The maximum absolute atomic E-state index is 10.9. The van der Waals surface area contributed by atoms with E-state index in [1.165, 1.54) is 0 Å². The summed E-state index contributed by atoms with van der Waals surface area (Å²) in [7, 11) is 0. The molecular weight excluding hydrogens is 228 g/mol. The monoisotopic (exact) mass is 248 g/mol. The lowest BCUT2D eigenvalue weighted by atomic mass is 10.1. The van der Waals surface area contributed by atoms with Crippen LogP contribution in [0.15, 0.2) is 24.3 Å². The van der Waals surface area contributed by atoms with Gasteiger partial charge < -0.3 is 10.4 Å². The van der Waals surface area contributed by atoms with Crippen LogP contribution in [0.5, 0.6) is 0 Å². The lowest BCUT2D eigenvalue weighted by Gasteiger charge is -2.33. The van der Waals surface area contributed by atoms with Crippen molar-refractivity contribution in [1.29, 1.82) is 0 Å². The van der Waals surface area contributed by atoms with E-state index in [2.05, 4.69) is 17.1 Å². The Bertz CT molecular complexity index is 420. The number of nitrogens with one attached hydrogen (secondary N) is 1. The van der Waals surface area contributed by atoms with E-state index >= 15 is 0 Å². The summed E-state index contributed by atoms with van der Waals surface area (Å²) >= 11 is 0. The Labute approximate surface area is 108 Å². The fraction of sp³-hybridized carbons (Fsp3) is 0.500. The van der Waals surface area contributed by atoms with Gasteiger partial charge in [-0.3, -0.25) is 4.90 Å². The van der Waals surface area contributed by atoms with Gasteiger partial charge in [0.2, 0.25) is 0 Å². The molecule has 0 saturated carbocycles. The highest BCUT2D eigenvalue weighted by Crippen LogP contribution is 2.11. The molecule has 2 N–H and O–H groups in total. The highest BCUT2D eigenvalue weighted by molar-refractivity contribution is 5.87. The topological polar surface area (TPSA) is 52.6 Å². The van der Waals surface area contributed by atoms with Gasteiger partial charge in [0.25, 0.3) is 0 Å². The Morgan fingerprint density at radius 1 is 1.56 bits per heavy atom. The van der Waals surface area contributed by atoms with Crippen molar-refractivity contribution in [3.63, 3.8) is 0 Å². The van der Waals surface area contributed by atoms with E-state index in [9.17, 15) is 4.79 Å². The van der Waals surface area contributed by atoms with Gasteiger partial charge in [0.15, 0.2) is 0 Å². The van der Waals surface area contributed by atoms with Gasteiger partial charge in [-0.25, -0.2) is 4.79 Å². The minimum atomic E-state index is -0.858. The zero-order chi connectivity index (χ0) is 13.0. The van der Waals surface area contributed by atoms with Crippen molar-refractivity contribution < 1.29 is 9.90 Å². The van der Waals surface area contributed by atoms with E-state index < -0.39 is 5.97 Å². The molecule has 1 heterocycles. The second-order valence-corrected chi connectivity index (χ2v) is 4.80. The lowest BCUT2D eigenvalue weighted by Crippen LogP contribution is -2.49. The molecule has 2 rings (SSSR count). The smallest absolute Gasteiger partial charge is 0.335 e. The average molecular weight is 248 g/mol. The molecule has 0 radical (unpaired) electrons. The largest absolute Gasteiger partial charge is 0.478 e. The van der Waals surface area contributed by atoms with E-state index in [-0.39, 0.29) is 0 Å². The Morgan fingerprint density at radius 2 is 2.39 bits per heavy atom. The molecule has 1 saturated heterocycles. The third-order valence-electron chi connectivity index (χ3n) is 3.41. The van der Waals surface area contributed by atoms with Crippen molar-refractivity contribution >= 4 is 5.97 Å². The number of nitrogens with zero attached hydrogens (tertiary/aromatic N) is 1. The standard InChI is InChI=1S/C14H20N2O2/c1-2-13-10-16(7-6-15-13)9-11-4-3-5-12(8-11)14(17)18/h3-5,8,13,15H,2,6-7,9-10H2,1H3,(H,17,18). The molecular formula is C14H20N2O2. The summed E-state index contributed by atoms with van der Waals surface area (Å²) in [6.07, 6.45) is 1.13. The van der Waals surface area contributed by atoms with Crippen LogP contribution in [-0.4, -0.2) is 41.7 Å². The molecule has 4 nitrogen and oxygen atoms in total. The summed E-state index contributed by atoms with van der Waals surface area (Å²) in [5.41, 5.74) is 1.45. The highest BCUT2D eigenvalue weighted by atomic mass is 16.4. The number of hydrogen-bond donors (Lipinski definition) is 2. The molecule has 1 atom stereocenters. The third-order valence-corrected chi connectivity index (χ3v) is 3.41. The molecule has 4 heteroatoms. The van der Waals surface area contributed by atoms with Gasteiger partial charge >= 0.3 is 5.97 Å². The molecule has 18 heavy (non-hydrogen) atoms. The lowest BCUT2D eigenvalue weighted by molar-refractivity contribution is 0.0696. The summed E-state index contributed by atoms with van der Waals surface area (Å²) < 4.78 is 0. The molecule has 98 valence electrons. The quantitative estimate of drug-likeness (QED) is 0.849. The van der Waals surface area contributed by atoms with E-state index in [1.54, 1.807) is 12.1 Å². The van der Waals surface area contributed by atoms with Gasteiger partial charge in [-0.1, -0.05) is 19.1 Å². The number of rotatable bonds is 4. The van der Waals surface area contributed by atoms with Gasteiger partial charge in [-0.2, -0.15) is 0 Å². The van der Waals surface area contributed by atoms with E-state index in [0.717, 1.165) is 38.2 Å². The highest BCUT2D eigenvalue weighted by Gasteiger charge is 2.17. The minimum Gasteiger partial charge on any atom is -0.478 e. The summed E-state index contributed by atoms with van der Waals surface area (Å²) in [5.74, 6) is -0.858. The van der Waals surface area contributed by atoms with Crippen LogP contribution in [0.4, 0.5) is 0 Å². The van der Waals surface area contributed by atoms with Crippen molar-refractivity contribution in [3.05, 3.63) is 35.4 Å². The molecule has 0 amide bonds. The number of hydrogen-bond acceptors (Lipinski definition) is 3. The average Bonchev–Trinajstić information content (AvgIpc) is 2.39. The fourth-order valence-corrected chi connectivity index (χ4v) is 2.37. The predicted octanol–water partition coefficient (Wildman–Crippen LogP) is 1.57. The number of carbonyl (C=O) groups is 1. The second-order valence-electron chi connectivity index (χ2n) is 4.80. The van der Waals surface area contributed by atoms with Crippen molar-refractivity contribution in [1.82, 2.24) is 10.2 Å². The van der Waals surface area contributed by atoms with Gasteiger partial charge in [0.1, 0.15) is 0 Å². The zero-order valence-electron chi connectivity index (χ0n) is 10.7. The van der Waals surface area contributed by atoms with E-state index in [4.69, 9.17) is 5.11 Å². The second kappa shape index (κ2) is 5.98. The Balaban J connectivity index is 2.00. The molecule has 0 aromatic heterocycles. The van der Waals surface area contributed by atoms with Crippen LogP contribution in [0, 0.1) is 0 Å². The minimum absolute atomic E-state index is 0.370. The third kappa shape index (κ3) is 3.31. The van der Waals surface area contributed by atoms with Crippen molar-refractivity contribution in [3.8, 4) is 0 Å². The van der Waals surface area contributed by atoms with Crippen molar-refractivity contribution in [2.75, 3.05) is 19.6 Å². The van der Waals surface area contributed by atoms with Crippen molar-refractivity contribution in [2.24, 2.45) is 0 Å². The van der Waals surface area contributed by atoms with Gasteiger partial charge in [-0.15, -0.1) is 0 Å². The van der Waals surface area contributed by atoms with E-state index in [0.29, 0.717) is 11.6 Å². The first kappa shape index (κ1) is 13.1. The molecule has 1 aliphatic heterocycles. The van der Waals surface area contributed by atoms with Crippen LogP contribution in [0.25, 0.3) is 0 Å². The van der Waals surface area contributed by atoms with Crippen molar-refractivity contribution in [2.45, 2.75) is 25.9 Å². The molecule has 1 fully saturated rings. The van der Waals surface area contributed by atoms with E-state index in [1.807, 2.05) is 12.1 Å². The fourth-order valence-electron chi connectivity index (χ4n) is 2.37. The van der Waals surface area contributed by atoms with Crippen LogP contribution in [0.2, 0.25) is 0 Å². The van der Waals surface area contributed by atoms with Crippen LogP contribution in [0.1, 0.15) is 29.3 Å². The summed E-state index contributed by atoms with van der Waals surface area (Å²) in [6, 6.07) is 7.78. The molecule has 1 aromatic carbocycles. The molecule has 0 aliphatic carbocycles. The van der Waals surface area contributed by atoms with Gasteiger partial charge in [0, 0.05) is 32.2 Å². The maximum Gasteiger partial charge on any atom is 0.335 e. The van der Waals surface area contributed by atoms with Gasteiger partial charge in [0.05, 0.1) is 5.56 Å². The predicted molar refractivity (Wildman–Crippen MR) is 70.8 cm³/mol. The van der Waals surface area contributed by atoms with Gasteiger partial charge in [-0.05, 0) is 24.1 Å². The molecule has 1 unspecified atom stereocenters. The number of piperazine rings is 1. The van der Waals surface area contributed by atoms with Crippen LogP contribution >= 0.6 is 0 Å². The molecule has 1 aliphatic rings. The molecule has 1 aromatic rings. The first-order chi connectivity index (χ1) is 8.69. The summed E-state index contributed by atoms with van der Waals surface area (Å²) in [4.78, 5) is 13.3. The summed E-state index contributed by atoms with van der Waals surface area (Å²) in [5, 5.41) is 12.4. The van der Waals surface area contributed by atoms with Crippen LogP contribution in [-0.2, 0) is 6.54 Å². The van der Waals surface area contributed by atoms with Crippen LogP contribution in [0.3, 0.4) is 0 Å². The number of carboxylic acid groups (broad SMARTS) is 1. The molecule has 0 spiro atoms. The SMILES string of the molecule is CCC1CN(Cc2cccc(C(=O)O)c2)CCN1. The first-order valence-corrected chi connectivity index (χ1v) is 6.47. The Hall–Kier alpha value is -1.39. The first-order valence-electron chi connectivity index (χ1n) is 6.47. The summed E-state index contributed by atoms with van der Waals surface area (Å²) in [6.45, 7) is 6.09. The zero-order valence-corrected chi connectivity index (χ0v) is 10.7. The Kier molecular flexibility index (Phi) is 4.33. The molecule has 0 bridgehead atoms. The normalized spacial score (nSPS) is 20.8.